The lowest BCUT2D eigenvalue weighted by Crippen LogP contribution is -2.55. The van der Waals surface area contributed by atoms with E-state index in [1.54, 1.807) is 30.3 Å². The molecule has 0 unspecified atom stereocenters. The number of anilines is 1. The normalized spacial score (nSPS) is 23.2. The molecule has 0 saturated carbocycles. The minimum absolute atomic E-state index is 0.123. The summed E-state index contributed by atoms with van der Waals surface area (Å²) in [6.45, 7) is 1.19. The number of ether oxygens (including phenoxy) is 4. The van der Waals surface area contributed by atoms with Crippen LogP contribution in [0.2, 0.25) is 0 Å². The summed E-state index contributed by atoms with van der Waals surface area (Å²) in [5.41, 5.74) is 0.979. The van der Waals surface area contributed by atoms with Crippen LogP contribution in [-0.2, 0) is 38.1 Å². The first kappa shape index (κ1) is 26.1. The minimum Gasteiger partial charge on any atom is -0.374 e. The number of hydrogen-bond acceptors (Lipinski definition) is 7. The standard InChI is InChI=1S/C31H29N3O6/c35-28(25-14-8-3-9-15-25)32-27-16-17-34(29(36)33-27)31(39-20-24-12-6-2-7-13-24)26-18-30(40-31,22-38-26)21-37-19-23-10-4-1-5-11-23/h1-17,26H,18-22H2,(H,32,33,35,36)/t26-,30+,31-/m1/s1. The highest BCUT2D eigenvalue weighted by Gasteiger charge is 2.65. The van der Waals surface area contributed by atoms with Crippen molar-refractivity contribution in [2.45, 2.75) is 37.3 Å². The lowest BCUT2D eigenvalue weighted by atomic mass is 10.0. The molecule has 3 atom stereocenters. The lowest BCUT2D eigenvalue weighted by Gasteiger charge is -2.40. The molecular weight excluding hydrogens is 510 g/mol. The Bertz CT molecular complexity index is 1510. The Kier molecular flexibility index (Phi) is 7.27. The van der Waals surface area contributed by atoms with Crippen molar-refractivity contribution in [3.63, 3.8) is 0 Å². The Labute approximate surface area is 231 Å². The largest absolute Gasteiger partial charge is 0.374 e. The summed E-state index contributed by atoms with van der Waals surface area (Å²) in [7, 11) is 0. The Balaban J connectivity index is 1.25. The number of carbonyl (C=O) groups excluding carboxylic acids is 1. The van der Waals surface area contributed by atoms with Gasteiger partial charge in [0.15, 0.2) is 0 Å². The molecule has 204 valence electrons. The molecule has 9 nitrogen and oxygen atoms in total. The second-order valence-corrected chi connectivity index (χ2v) is 9.96. The van der Waals surface area contributed by atoms with Crippen LogP contribution in [0.3, 0.4) is 0 Å². The summed E-state index contributed by atoms with van der Waals surface area (Å²) < 4.78 is 26.5. The molecule has 6 rings (SSSR count). The molecule has 40 heavy (non-hydrogen) atoms. The molecule has 2 aliphatic rings. The van der Waals surface area contributed by atoms with E-state index < -0.39 is 23.3 Å². The van der Waals surface area contributed by atoms with Gasteiger partial charge in [0.05, 0.1) is 26.4 Å². The zero-order valence-corrected chi connectivity index (χ0v) is 21.8. The molecule has 1 amide bonds. The van der Waals surface area contributed by atoms with Crippen LogP contribution in [0.1, 0.15) is 27.9 Å². The van der Waals surface area contributed by atoms with Gasteiger partial charge in [-0.25, -0.2) is 9.36 Å². The number of carbonyl (C=O) groups is 1. The van der Waals surface area contributed by atoms with Gasteiger partial charge in [0, 0.05) is 18.2 Å². The molecule has 0 radical (unpaired) electrons. The maximum Gasteiger partial charge on any atom is 0.353 e. The predicted octanol–water partition coefficient (Wildman–Crippen LogP) is 4.10. The fourth-order valence-corrected chi connectivity index (χ4v) is 5.09. The molecule has 0 spiro atoms. The van der Waals surface area contributed by atoms with Gasteiger partial charge in [-0.2, -0.15) is 4.98 Å². The topological polar surface area (TPSA) is 101 Å². The van der Waals surface area contributed by atoms with Gasteiger partial charge in [0.2, 0.25) is 0 Å². The molecule has 1 aromatic heterocycles. The zero-order chi connectivity index (χ0) is 27.4. The van der Waals surface area contributed by atoms with Crippen molar-refractivity contribution in [1.29, 1.82) is 0 Å². The zero-order valence-electron chi connectivity index (χ0n) is 21.8. The van der Waals surface area contributed by atoms with Crippen molar-refractivity contribution < 1.29 is 23.7 Å². The van der Waals surface area contributed by atoms with Crippen molar-refractivity contribution in [1.82, 2.24) is 9.55 Å². The first-order chi connectivity index (χ1) is 19.6. The van der Waals surface area contributed by atoms with Crippen LogP contribution in [0.5, 0.6) is 0 Å². The number of hydrogen-bond donors (Lipinski definition) is 1. The van der Waals surface area contributed by atoms with Gasteiger partial charge in [0.1, 0.15) is 17.5 Å². The molecule has 3 aromatic carbocycles. The SMILES string of the molecule is O=C(Nc1ccn([C@]2(OCc3ccccc3)O[C@@]3(COCc4ccccc4)CO[C@@H]2C3)c(=O)n1)c1ccccc1. The highest BCUT2D eigenvalue weighted by molar-refractivity contribution is 6.03. The first-order valence-electron chi connectivity index (χ1n) is 13.1. The van der Waals surface area contributed by atoms with Crippen LogP contribution in [0.4, 0.5) is 5.82 Å². The number of nitrogens with one attached hydrogen (secondary N) is 1. The molecule has 0 aliphatic carbocycles. The van der Waals surface area contributed by atoms with E-state index in [0.717, 1.165) is 11.1 Å². The van der Waals surface area contributed by atoms with Crippen molar-refractivity contribution in [3.8, 4) is 0 Å². The predicted molar refractivity (Wildman–Crippen MR) is 146 cm³/mol. The summed E-state index contributed by atoms with van der Waals surface area (Å²) >= 11 is 0. The maximum absolute atomic E-state index is 13.4. The van der Waals surface area contributed by atoms with E-state index in [4.69, 9.17) is 18.9 Å². The van der Waals surface area contributed by atoms with Gasteiger partial charge in [-0.05, 0) is 29.3 Å². The maximum atomic E-state index is 13.4. The Morgan fingerprint density at radius 2 is 1.57 bits per heavy atom. The van der Waals surface area contributed by atoms with Crippen LogP contribution in [0.25, 0.3) is 0 Å². The quantitative estimate of drug-likeness (QED) is 0.324. The third-order valence-electron chi connectivity index (χ3n) is 7.06. The Hall–Kier alpha value is -4.15. The third-order valence-corrected chi connectivity index (χ3v) is 7.06. The lowest BCUT2D eigenvalue weighted by molar-refractivity contribution is -0.375. The number of fused-ring (bicyclic) bond motifs is 2. The summed E-state index contributed by atoms with van der Waals surface area (Å²) in [5, 5.41) is 2.68. The van der Waals surface area contributed by atoms with Crippen LogP contribution in [-0.4, -0.2) is 40.4 Å². The van der Waals surface area contributed by atoms with E-state index in [9.17, 15) is 9.59 Å². The van der Waals surface area contributed by atoms with Gasteiger partial charge >= 0.3 is 5.69 Å². The van der Waals surface area contributed by atoms with E-state index in [2.05, 4.69) is 10.3 Å². The van der Waals surface area contributed by atoms with Crippen LogP contribution in [0, 0.1) is 0 Å². The highest BCUT2D eigenvalue weighted by Crippen LogP contribution is 2.49. The van der Waals surface area contributed by atoms with E-state index in [1.807, 2.05) is 66.7 Å². The van der Waals surface area contributed by atoms with Gasteiger partial charge < -0.3 is 24.3 Å². The van der Waals surface area contributed by atoms with Crippen LogP contribution >= 0.6 is 0 Å². The molecular formula is C31H29N3O6. The first-order valence-corrected chi connectivity index (χ1v) is 13.1. The summed E-state index contributed by atoms with van der Waals surface area (Å²) in [5.74, 6) is -1.80. The van der Waals surface area contributed by atoms with Gasteiger partial charge in [-0.1, -0.05) is 78.9 Å². The number of nitrogens with zero attached hydrogens (tertiary/aromatic N) is 2. The molecule has 2 saturated heterocycles. The summed E-state index contributed by atoms with van der Waals surface area (Å²) in [4.78, 5) is 30.1. The van der Waals surface area contributed by atoms with E-state index in [0.29, 0.717) is 25.2 Å². The monoisotopic (exact) mass is 539 g/mol. The van der Waals surface area contributed by atoms with E-state index >= 15 is 0 Å². The third kappa shape index (κ3) is 5.32. The van der Waals surface area contributed by atoms with Crippen LogP contribution < -0.4 is 11.0 Å². The highest BCUT2D eigenvalue weighted by atomic mass is 16.8. The van der Waals surface area contributed by atoms with Gasteiger partial charge in [0.25, 0.3) is 11.8 Å². The second-order valence-electron chi connectivity index (χ2n) is 9.96. The average Bonchev–Trinajstić information content (AvgIpc) is 3.55. The minimum atomic E-state index is -1.56. The molecule has 2 bridgehead atoms. The van der Waals surface area contributed by atoms with E-state index in [-0.39, 0.29) is 24.9 Å². The van der Waals surface area contributed by atoms with E-state index in [1.165, 1.54) is 10.8 Å². The second kappa shape index (κ2) is 11.1. The number of amides is 1. The van der Waals surface area contributed by atoms with Crippen molar-refractivity contribution in [3.05, 3.63) is 130 Å². The number of benzene rings is 3. The fourth-order valence-electron chi connectivity index (χ4n) is 5.09. The molecule has 1 N–H and O–H groups in total. The molecule has 9 heteroatoms. The Morgan fingerprint density at radius 3 is 2.25 bits per heavy atom. The number of aromatic nitrogens is 2. The van der Waals surface area contributed by atoms with Crippen LogP contribution in [0.15, 0.2) is 108 Å². The molecule has 2 fully saturated rings. The molecule has 2 aliphatic heterocycles. The fraction of sp³-hybridized carbons (Fsp3) is 0.258. The summed E-state index contributed by atoms with van der Waals surface area (Å²) in [6, 6.07) is 29.8. The van der Waals surface area contributed by atoms with Crippen molar-refractivity contribution in [2.24, 2.45) is 0 Å². The average molecular weight is 540 g/mol. The smallest absolute Gasteiger partial charge is 0.353 e. The Morgan fingerprint density at radius 1 is 0.925 bits per heavy atom. The number of rotatable bonds is 10. The van der Waals surface area contributed by atoms with Gasteiger partial charge in [-0.15, -0.1) is 0 Å². The van der Waals surface area contributed by atoms with Crippen molar-refractivity contribution >= 4 is 11.7 Å². The molecule has 4 aromatic rings. The van der Waals surface area contributed by atoms with Crippen molar-refractivity contribution in [2.75, 3.05) is 18.5 Å². The molecule has 3 heterocycles. The van der Waals surface area contributed by atoms with Gasteiger partial charge in [-0.3, -0.25) is 4.79 Å². The summed E-state index contributed by atoms with van der Waals surface area (Å²) in [6.07, 6.45) is 1.43.